The lowest BCUT2D eigenvalue weighted by Gasteiger charge is -2.15. The van der Waals surface area contributed by atoms with Gasteiger partial charge in [-0.1, -0.05) is 72.8 Å². The van der Waals surface area contributed by atoms with Gasteiger partial charge in [0.25, 0.3) is 0 Å². The van der Waals surface area contributed by atoms with Crippen LogP contribution >= 0.6 is 45.3 Å². The molecule has 4 heteroatoms. The van der Waals surface area contributed by atoms with Gasteiger partial charge in [-0.15, -0.1) is 45.3 Å². The van der Waals surface area contributed by atoms with Gasteiger partial charge in [0.1, 0.15) is 0 Å². The Kier molecular flexibility index (Phi) is 4.49. The molecule has 0 nitrogen and oxygen atoms in total. The van der Waals surface area contributed by atoms with E-state index in [-0.39, 0.29) is 0 Å². The highest BCUT2D eigenvalue weighted by molar-refractivity contribution is 7.29. The van der Waals surface area contributed by atoms with Crippen LogP contribution in [0, 0.1) is 0 Å². The van der Waals surface area contributed by atoms with E-state index in [0.29, 0.717) is 0 Å². The molecular weight excluding hydrogens is 537 g/mol. The lowest BCUT2D eigenvalue weighted by atomic mass is 9.90. The first-order valence-electron chi connectivity index (χ1n) is 12.6. The molecule has 0 aliphatic heterocycles. The van der Waals surface area contributed by atoms with Crippen molar-refractivity contribution in [3.05, 3.63) is 108 Å². The molecule has 9 rings (SSSR count). The van der Waals surface area contributed by atoms with Crippen molar-refractivity contribution in [2.45, 2.75) is 0 Å². The first-order chi connectivity index (χ1) is 18.8. The summed E-state index contributed by atoms with van der Waals surface area (Å²) in [6.45, 7) is 0. The molecule has 0 N–H and O–H groups in total. The van der Waals surface area contributed by atoms with Crippen LogP contribution in [-0.4, -0.2) is 0 Å². The Bertz CT molecular complexity index is 2130. The molecule has 9 aromatic rings. The predicted molar refractivity (Wildman–Crippen MR) is 174 cm³/mol. The molecule has 0 unspecified atom stereocenters. The maximum Gasteiger partial charge on any atom is 0.0527 e. The van der Waals surface area contributed by atoms with Gasteiger partial charge in [-0.25, -0.2) is 0 Å². The molecule has 0 radical (unpaired) electrons. The maximum atomic E-state index is 2.40. The fourth-order valence-electron chi connectivity index (χ4n) is 5.95. The van der Waals surface area contributed by atoms with Crippen molar-refractivity contribution < 1.29 is 0 Å². The molecule has 4 heterocycles. The topological polar surface area (TPSA) is 0 Å². The Morgan fingerprint density at radius 1 is 0.368 bits per heavy atom. The van der Waals surface area contributed by atoms with Crippen molar-refractivity contribution >= 4 is 107 Å². The van der Waals surface area contributed by atoms with Gasteiger partial charge in [-0.3, -0.25) is 0 Å². The minimum Gasteiger partial charge on any atom is -0.142 e. The van der Waals surface area contributed by atoms with Gasteiger partial charge in [0.2, 0.25) is 0 Å². The zero-order chi connectivity index (χ0) is 24.8. The van der Waals surface area contributed by atoms with Crippen LogP contribution in [-0.2, 0) is 0 Å². The van der Waals surface area contributed by atoms with Gasteiger partial charge < -0.3 is 0 Å². The summed E-state index contributed by atoms with van der Waals surface area (Å²) in [5, 5.41) is 15.1. The van der Waals surface area contributed by atoms with E-state index in [2.05, 4.69) is 108 Å². The first kappa shape index (κ1) is 21.4. The monoisotopic (exact) mass is 554 g/mol. The molecule has 38 heavy (non-hydrogen) atoms. The third kappa shape index (κ3) is 2.94. The molecule has 0 fully saturated rings. The highest BCUT2D eigenvalue weighted by atomic mass is 32.1. The molecule has 0 aliphatic carbocycles. The van der Waals surface area contributed by atoms with E-state index in [9.17, 15) is 0 Å². The van der Waals surface area contributed by atoms with E-state index in [1.165, 1.54) is 82.8 Å². The molecule has 0 aliphatic rings. The molecule has 0 saturated carbocycles. The smallest absolute Gasteiger partial charge is 0.0527 e. The lowest BCUT2D eigenvalue weighted by molar-refractivity contribution is 1.75. The average molecular weight is 555 g/mol. The summed E-state index contributed by atoms with van der Waals surface area (Å²) in [6.07, 6.45) is 0. The number of fused-ring (bicyclic) bond motifs is 8. The SMILES string of the molecule is c1ccc2c(-c3cc4ccc5ccsc5c4s3)c3ccccc3c(-c3cc4ccc5ccsc5c4s3)c2c1. The third-order valence-corrected chi connectivity index (χ3v) is 12.2. The summed E-state index contributed by atoms with van der Waals surface area (Å²) in [4.78, 5) is 2.69. The Morgan fingerprint density at radius 3 is 1.18 bits per heavy atom. The van der Waals surface area contributed by atoms with E-state index in [1.54, 1.807) is 0 Å². The Morgan fingerprint density at radius 2 is 0.763 bits per heavy atom. The molecule has 0 atom stereocenters. The number of rotatable bonds is 2. The van der Waals surface area contributed by atoms with Gasteiger partial charge in [0.15, 0.2) is 0 Å². The van der Waals surface area contributed by atoms with Crippen molar-refractivity contribution in [1.29, 1.82) is 0 Å². The Balaban J connectivity index is 1.40. The van der Waals surface area contributed by atoms with Gasteiger partial charge in [0.05, 0.1) is 18.8 Å². The third-order valence-electron chi connectivity index (χ3n) is 7.63. The number of hydrogen-bond donors (Lipinski definition) is 0. The summed E-state index contributed by atoms with van der Waals surface area (Å²) in [5.74, 6) is 0. The van der Waals surface area contributed by atoms with E-state index in [4.69, 9.17) is 0 Å². The summed E-state index contributed by atoms with van der Waals surface area (Å²) in [6, 6.07) is 36.4. The highest BCUT2D eigenvalue weighted by Gasteiger charge is 2.20. The lowest BCUT2D eigenvalue weighted by Crippen LogP contribution is -1.88. The van der Waals surface area contributed by atoms with Gasteiger partial charge >= 0.3 is 0 Å². The summed E-state index contributed by atoms with van der Waals surface area (Å²) in [7, 11) is 0. The normalized spacial score (nSPS) is 12.2. The standard InChI is InChI=1S/C34H18S4/c1-2-6-24-23(5-1)29(27-17-21-11-9-19-13-15-35-31(19)33(21)37-27)25-7-3-4-8-26(25)30(24)28-18-22-12-10-20-14-16-36-32(20)34(22)38-28/h1-18H. The average Bonchev–Trinajstić information content (AvgIpc) is 3.75. The molecule has 4 aromatic heterocycles. The molecule has 5 aromatic carbocycles. The van der Waals surface area contributed by atoms with Gasteiger partial charge in [-0.05, 0) is 78.1 Å². The summed E-state index contributed by atoms with van der Waals surface area (Å²) in [5.41, 5.74) is 2.71. The zero-order valence-corrected chi connectivity index (χ0v) is 23.3. The van der Waals surface area contributed by atoms with Crippen molar-refractivity contribution in [1.82, 2.24) is 0 Å². The maximum absolute atomic E-state index is 2.40. The molecule has 0 bridgehead atoms. The highest BCUT2D eigenvalue weighted by Crippen LogP contribution is 2.50. The second-order valence-electron chi connectivity index (χ2n) is 9.71. The molecule has 178 valence electrons. The summed E-state index contributed by atoms with van der Waals surface area (Å²) >= 11 is 7.57. The van der Waals surface area contributed by atoms with Crippen molar-refractivity contribution in [3.63, 3.8) is 0 Å². The van der Waals surface area contributed by atoms with E-state index >= 15 is 0 Å². The fourth-order valence-corrected chi connectivity index (χ4v) is 10.5. The minimum absolute atomic E-state index is 1.33. The van der Waals surface area contributed by atoms with E-state index < -0.39 is 0 Å². The molecular formula is C34H18S4. The second-order valence-corrected chi connectivity index (χ2v) is 13.6. The van der Waals surface area contributed by atoms with E-state index in [0.717, 1.165) is 0 Å². The fraction of sp³-hybridized carbons (Fsp3) is 0. The second kappa shape index (κ2) is 7.98. The van der Waals surface area contributed by atoms with Crippen LogP contribution in [0.4, 0.5) is 0 Å². The summed E-state index contributed by atoms with van der Waals surface area (Å²) < 4.78 is 5.59. The van der Waals surface area contributed by atoms with Crippen molar-refractivity contribution in [2.75, 3.05) is 0 Å². The predicted octanol–water partition coefficient (Wildman–Crippen LogP) is 12.2. The quantitative estimate of drug-likeness (QED) is 0.186. The number of thiophene rings is 4. The van der Waals surface area contributed by atoms with Crippen LogP contribution in [0.2, 0.25) is 0 Å². The van der Waals surface area contributed by atoms with Crippen LogP contribution in [0.1, 0.15) is 0 Å². The molecule has 0 amide bonds. The van der Waals surface area contributed by atoms with Gasteiger partial charge in [-0.2, -0.15) is 0 Å². The van der Waals surface area contributed by atoms with Crippen LogP contribution in [0.25, 0.3) is 82.8 Å². The van der Waals surface area contributed by atoms with Crippen molar-refractivity contribution in [3.8, 4) is 20.9 Å². The van der Waals surface area contributed by atoms with Crippen molar-refractivity contribution in [2.24, 2.45) is 0 Å². The van der Waals surface area contributed by atoms with Crippen LogP contribution in [0.15, 0.2) is 108 Å². The minimum atomic E-state index is 1.33. The van der Waals surface area contributed by atoms with E-state index in [1.807, 2.05) is 45.3 Å². The molecule has 0 spiro atoms. The molecule has 0 saturated heterocycles. The largest absolute Gasteiger partial charge is 0.142 e. The Hall–Kier alpha value is -3.54. The van der Waals surface area contributed by atoms with Gasteiger partial charge in [0, 0.05) is 20.9 Å². The van der Waals surface area contributed by atoms with Crippen LogP contribution < -0.4 is 0 Å². The Labute approximate surface area is 234 Å². The van der Waals surface area contributed by atoms with Crippen LogP contribution in [0.3, 0.4) is 0 Å². The number of benzene rings is 5. The van der Waals surface area contributed by atoms with Crippen LogP contribution in [0.5, 0.6) is 0 Å². The zero-order valence-electron chi connectivity index (χ0n) is 20.0. The first-order valence-corrected chi connectivity index (χ1v) is 16.0. The number of hydrogen-bond acceptors (Lipinski definition) is 4.